The predicted octanol–water partition coefficient (Wildman–Crippen LogP) is 1.53. The number of aromatic nitrogens is 1. The molecule has 0 fully saturated rings. The van der Waals surface area contributed by atoms with Crippen molar-refractivity contribution in [1.29, 1.82) is 0 Å². The van der Waals surface area contributed by atoms with E-state index in [1.165, 1.54) is 0 Å². The zero-order chi connectivity index (χ0) is 6.85. The van der Waals surface area contributed by atoms with Gasteiger partial charge < -0.3 is 4.98 Å². The predicted molar refractivity (Wildman–Crippen MR) is 35.5 cm³/mol. The Morgan fingerprint density at radius 2 is 2.33 bits per heavy atom. The van der Waals surface area contributed by atoms with Crippen LogP contribution in [0.15, 0.2) is 12.3 Å². The number of carbonyl (C=O) groups is 1. The lowest BCUT2D eigenvalue weighted by molar-refractivity contribution is 0.101. The maximum atomic E-state index is 10.7. The molecule has 0 amide bonds. The Kier molecular flexibility index (Phi) is 1.39. The number of hydrogen-bond acceptors (Lipinski definition) is 1. The first-order valence-corrected chi connectivity index (χ1v) is 2.86. The van der Waals surface area contributed by atoms with Gasteiger partial charge in [0.25, 0.3) is 0 Å². The number of rotatable bonds is 1. The van der Waals surface area contributed by atoms with Gasteiger partial charge >= 0.3 is 0 Å². The SMILES string of the molecule is CC(=O)c1[nH]ccc1C. The Balaban J connectivity index is 3.08. The molecule has 48 valence electrons. The molecule has 9 heavy (non-hydrogen) atoms. The first-order chi connectivity index (χ1) is 4.22. The van der Waals surface area contributed by atoms with Crippen LogP contribution in [0.1, 0.15) is 23.0 Å². The van der Waals surface area contributed by atoms with Gasteiger partial charge in [-0.15, -0.1) is 0 Å². The Bertz CT molecular complexity index is 225. The van der Waals surface area contributed by atoms with Crippen molar-refractivity contribution in [2.75, 3.05) is 0 Å². The summed E-state index contributed by atoms with van der Waals surface area (Å²) in [5, 5.41) is 0. The van der Waals surface area contributed by atoms with E-state index < -0.39 is 0 Å². The molecule has 1 rings (SSSR count). The third-order valence-electron chi connectivity index (χ3n) is 1.31. The van der Waals surface area contributed by atoms with Crippen molar-refractivity contribution in [2.24, 2.45) is 0 Å². The van der Waals surface area contributed by atoms with Crippen molar-refractivity contribution in [1.82, 2.24) is 4.98 Å². The number of carbonyl (C=O) groups excluding carboxylic acids is 1. The van der Waals surface area contributed by atoms with Crippen LogP contribution in [0.4, 0.5) is 0 Å². The minimum Gasteiger partial charge on any atom is -0.359 e. The molecule has 0 aromatic carbocycles. The molecule has 0 bridgehead atoms. The van der Waals surface area contributed by atoms with Crippen LogP contribution >= 0.6 is 0 Å². The highest BCUT2D eigenvalue weighted by molar-refractivity contribution is 5.93. The number of Topliss-reactive ketones (excluding diaryl/α,β-unsaturated/α-hetero) is 1. The van der Waals surface area contributed by atoms with Crippen molar-refractivity contribution in [2.45, 2.75) is 13.8 Å². The van der Waals surface area contributed by atoms with Crippen LogP contribution in [0.3, 0.4) is 0 Å². The van der Waals surface area contributed by atoms with Gasteiger partial charge in [0, 0.05) is 13.1 Å². The van der Waals surface area contributed by atoms with E-state index in [4.69, 9.17) is 0 Å². The number of H-pyrrole nitrogens is 1. The van der Waals surface area contributed by atoms with Crippen molar-refractivity contribution >= 4 is 5.78 Å². The number of aryl methyl sites for hydroxylation is 1. The van der Waals surface area contributed by atoms with E-state index >= 15 is 0 Å². The minimum absolute atomic E-state index is 0.0949. The van der Waals surface area contributed by atoms with E-state index in [1.54, 1.807) is 13.1 Å². The molecule has 0 saturated carbocycles. The van der Waals surface area contributed by atoms with E-state index in [2.05, 4.69) is 4.98 Å². The van der Waals surface area contributed by atoms with Gasteiger partial charge in [0.2, 0.25) is 0 Å². The molecule has 0 radical (unpaired) electrons. The summed E-state index contributed by atoms with van der Waals surface area (Å²) >= 11 is 0. The van der Waals surface area contributed by atoms with Crippen LogP contribution in [0.5, 0.6) is 0 Å². The number of hydrogen-bond donors (Lipinski definition) is 1. The molecule has 0 atom stereocenters. The van der Waals surface area contributed by atoms with Crippen LogP contribution in [-0.2, 0) is 0 Å². The highest BCUT2D eigenvalue weighted by Gasteiger charge is 2.01. The molecule has 1 aromatic heterocycles. The summed E-state index contributed by atoms with van der Waals surface area (Å²) < 4.78 is 0. The Labute approximate surface area is 53.9 Å². The second-order valence-electron chi connectivity index (χ2n) is 2.09. The van der Waals surface area contributed by atoms with Crippen molar-refractivity contribution in [3.8, 4) is 0 Å². The van der Waals surface area contributed by atoms with Crippen molar-refractivity contribution in [3.05, 3.63) is 23.5 Å². The molecule has 1 heterocycles. The number of nitrogens with one attached hydrogen (secondary N) is 1. The van der Waals surface area contributed by atoms with Gasteiger partial charge in [-0.2, -0.15) is 0 Å². The summed E-state index contributed by atoms with van der Waals surface area (Å²) in [5.74, 6) is 0.0949. The summed E-state index contributed by atoms with van der Waals surface area (Å²) in [4.78, 5) is 13.6. The summed E-state index contributed by atoms with van der Waals surface area (Å²) in [6.45, 7) is 3.46. The molecule has 0 aliphatic heterocycles. The molecule has 0 aliphatic rings. The van der Waals surface area contributed by atoms with Crippen LogP contribution in [0.2, 0.25) is 0 Å². The van der Waals surface area contributed by atoms with Gasteiger partial charge in [-0.25, -0.2) is 0 Å². The Hall–Kier alpha value is -1.05. The second-order valence-corrected chi connectivity index (χ2v) is 2.09. The van der Waals surface area contributed by atoms with E-state index in [1.807, 2.05) is 13.0 Å². The Morgan fingerprint density at radius 3 is 2.56 bits per heavy atom. The van der Waals surface area contributed by atoms with Crippen LogP contribution in [0.25, 0.3) is 0 Å². The fourth-order valence-electron chi connectivity index (χ4n) is 0.826. The zero-order valence-electron chi connectivity index (χ0n) is 5.56. The molecule has 0 spiro atoms. The smallest absolute Gasteiger partial charge is 0.176 e. The first kappa shape index (κ1) is 6.08. The average molecular weight is 123 g/mol. The summed E-state index contributed by atoms with van der Waals surface area (Å²) in [6.07, 6.45) is 1.77. The summed E-state index contributed by atoms with van der Waals surface area (Å²) in [7, 11) is 0. The number of aromatic amines is 1. The first-order valence-electron chi connectivity index (χ1n) is 2.86. The summed E-state index contributed by atoms with van der Waals surface area (Å²) in [6, 6.07) is 1.89. The minimum atomic E-state index is 0.0949. The third kappa shape index (κ3) is 1.02. The van der Waals surface area contributed by atoms with Gasteiger partial charge in [-0.1, -0.05) is 0 Å². The average Bonchev–Trinajstić information content (AvgIpc) is 2.13. The van der Waals surface area contributed by atoms with Gasteiger partial charge in [-0.3, -0.25) is 4.79 Å². The van der Waals surface area contributed by atoms with Crippen LogP contribution in [0, 0.1) is 6.92 Å². The van der Waals surface area contributed by atoms with Crippen LogP contribution < -0.4 is 0 Å². The normalized spacial score (nSPS) is 9.56. The quantitative estimate of drug-likeness (QED) is 0.564. The molecular weight excluding hydrogens is 114 g/mol. The lowest BCUT2D eigenvalue weighted by Gasteiger charge is -1.88. The molecule has 1 aromatic rings. The fraction of sp³-hybridized carbons (Fsp3) is 0.286. The zero-order valence-corrected chi connectivity index (χ0v) is 5.56. The second kappa shape index (κ2) is 2.05. The van der Waals surface area contributed by atoms with E-state index in [-0.39, 0.29) is 5.78 Å². The highest BCUT2D eigenvalue weighted by Crippen LogP contribution is 2.03. The van der Waals surface area contributed by atoms with Crippen molar-refractivity contribution in [3.63, 3.8) is 0 Å². The molecule has 2 heteroatoms. The lowest BCUT2D eigenvalue weighted by atomic mass is 10.2. The lowest BCUT2D eigenvalue weighted by Crippen LogP contribution is -1.93. The Morgan fingerprint density at radius 1 is 1.67 bits per heavy atom. The fourth-order valence-corrected chi connectivity index (χ4v) is 0.826. The standard InChI is InChI=1S/C7H9NO/c1-5-3-4-8-7(5)6(2)9/h3-4,8H,1-2H3. The van der Waals surface area contributed by atoms with E-state index in [0.717, 1.165) is 11.3 Å². The van der Waals surface area contributed by atoms with Gasteiger partial charge in [0.05, 0.1) is 5.69 Å². The van der Waals surface area contributed by atoms with Crippen molar-refractivity contribution < 1.29 is 4.79 Å². The van der Waals surface area contributed by atoms with Gasteiger partial charge in [0.15, 0.2) is 5.78 Å². The number of ketones is 1. The highest BCUT2D eigenvalue weighted by atomic mass is 16.1. The monoisotopic (exact) mass is 123 g/mol. The van der Waals surface area contributed by atoms with Gasteiger partial charge in [0.1, 0.15) is 0 Å². The van der Waals surface area contributed by atoms with E-state index in [0.29, 0.717) is 0 Å². The molecule has 0 aliphatic carbocycles. The maximum absolute atomic E-state index is 10.7. The third-order valence-corrected chi connectivity index (χ3v) is 1.31. The molecule has 2 nitrogen and oxygen atoms in total. The molecule has 0 unspecified atom stereocenters. The maximum Gasteiger partial charge on any atom is 0.176 e. The topological polar surface area (TPSA) is 32.9 Å². The van der Waals surface area contributed by atoms with E-state index in [9.17, 15) is 4.79 Å². The largest absolute Gasteiger partial charge is 0.359 e. The van der Waals surface area contributed by atoms with Crippen LogP contribution in [-0.4, -0.2) is 10.8 Å². The molecule has 0 saturated heterocycles. The summed E-state index contributed by atoms with van der Waals surface area (Å²) in [5.41, 5.74) is 1.73. The van der Waals surface area contributed by atoms with Gasteiger partial charge in [-0.05, 0) is 18.6 Å². The molecular formula is C7H9NO. The molecule has 1 N–H and O–H groups in total.